The van der Waals surface area contributed by atoms with Crippen molar-refractivity contribution in [2.45, 2.75) is 54.5 Å². The number of fused-ring (bicyclic) bond motifs is 2. The Morgan fingerprint density at radius 3 is 2.47 bits per heavy atom. The minimum Gasteiger partial charge on any atom is -0.463 e. The molecule has 1 aliphatic carbocycles. The highest BCUT2D eigenvalue weighted by Gasteiger charge is 3.05. The molecular formula is C17H18O12S. The van der Waals surface area contributed by atoms with Crippen LogP contribution in [0.25, 0.3) is 0 Å². The third kappa shape index (κ3) is 2.48. The van der Waals surface area contributed by atoms with Crippen LogP contribution in [0.2, 0.25) is 0 Å². The van der Waals surface area contributed by atoms with Crippen LogP contribution >= 0.6 is 0 Å². The molecule has 4 fully saturated rings. The fourth-order valence-corrected chi connectivity index (χ4v) is 6.77. The molecule has 4 rings (SSSR count). The number of hydrogen-bond donors (Lipinski definition) is 0. The number of carbonyl (C=O) groups excluding carboxylic acids is 4. The van der Waals surface area contributed by atoms with E-state index in [1.54, 1.807) is 0 Å². The number of ether oxygens (including phenoxy) is 5. The quantitative estimate of drug-likeness (QED) is 0.193. The van der Waals surface area contributed by atoms with Crippen molar-refractivity contribution in [1.29, 1.82) is 0 Å². The maximum absolute atomic E-state index is 12.4. The maximum atomic E-state index is 12.4. The Hall–Kier alpha value is -2.51. The van der Waals surface area contributed by atoms with Crippen molar-refractivity contribution in [3.05, 3.63) is 12.7 Å². The van der Waals surface area contributed by atoms with Crippen LogP contribution in [0.15, 0.2) is 12.7 Å². The van der Waals surface area contributed by atoms with Gasteiger partial charge in [-0.1, -0.05) is 6.58 Å². The normalized spacial score (nSPS) is 40.8. The highest BCUT2D eigenvalue weighted by Crippen LogP contribution is 2.78. The zero-order chi connectivity index (χ0) is 22.1. The molecule has 3 heterocycles. The van der Waals surface area contributed by atoms with Gasteiger partial charge in [-0.2, -0.15) is 8.42 Å². The molecule has 0 radical (unpaired) electrons. The van der Waals surface area contributed by atoms with Crippen LogP contribution in [0.5, 0.6) is 0 Å². The van der Waals surface area contributed by atoms with Gasteiger partial charge in [-0.05, 0) is 0 Å². The van der Waals surface area contributed by atoms with Crippen LogP contribution in [-0.4, -0.2) is 79.8 Å². The molecule has 0 amide bonds. The van der Waals surface area contributed by atoms with Gasteiger partial charge in [-0.15, -0.1) is 0 Å². The van der Waals surface area contributed by atoms with Crippen LogP contribution in [0.4, 0.5) is 0 Å². The molecule has 3 saturated heterocycles. The van der Waals surface area contributed by atoms with E-state index in [-0.39, 0.29) is 6.42 Å². The van der Waals surface area contributed by atoms with Crippen LogP contribution in [-0.2, 0) is 57.2 Å². The first-order valence-corrected chi connectivity index (χ1v) is 10.4. The largest absolute Gasteiger partial charge is 0.463 e. The summed E-state index contributed by atoms with van der Waals surface area (Å²) in [4.78, 5) is 46.7. The second-order valence-electron chi connectivity index (χ2n) is 7.47. The van der Waals surface area contributed by atoms with Gasteiger partial charge < -0.3 is 23.7 Å². The molecule has 0 aromatic rings. The second-order valence-corrected chi connectivity index (χ2v) is 9.22. The first-order valence-electron chi connectivity index (χ1n) is 8.89. The Bertz CT molecular complexity index is 971. The molecule has 1 saturated carbocycles. The van der Waals surface area contributed by atoms with Gasteiger partial charge in [0.05, 0.1) is 0 Å². The Balaban J connectivity index is 1.68. The van der Waals surface area contributed by atoms with Crippen molar-refractivity contribution >= 4 is 34.0 Å². The van der Waals surface area contributed by atoms with Crippen LogP contribution in [0, 0.1) is 0 Å². The van der Waals surface area contributed by atoms with Gasteiger partial charge in [0.2, 0.25) is 5.60 Å². The predicted molar refractivity (Wildman–Crippen MR) is 90.9 cm³/mol. The number of esters is 4. The minimum atomic E-state index is -4.04. The summed E-state index contributed by atoms with van der Waals surface area (Å²) < 4.78 is 56.4. The van der Waals surface area contributed by atoms with E-state index in [1.165, 1.54) is 0 Å². The lowest BCUT2D eigenvalue weighted by molar-refractivity contribution is -0.197. The van der Waals surface area contributed by atoms with Gasteiger partial charge in [0.25, 0.3) is 10.1 Å². The number of hydrogen-bond acceptors (Lipinski definition) is 12. The van der Waals surface area contributed by atoms with E-state index in [2.05, 4.69) is 11.3 Å². The Morgan fingerprint density at radius 1 is 1.17 bits per heavy atom. The molecule has 0 aromatic carbocycles. The highest BCUT2D eigenvalue weighted by molar-refractivity contribution is 7.87. The molecule has 0 N–H and O–H groups in total. The van der Waals surface area contributed by atoms with Gasteiger partial charge in [-0.3, -0.25) is 13.8 Å². The number of rotatable bonds is 7. The zero-order valence-electron chi connectivity index (χ0n) is 15.9. The molecule has 12 nitrogen and oxygen atoms in total. The smallest absolute Gasteiger partial charge is 0.344 e. The first kappa shape index (κ1) is 20.8. The summed E-state index contributed by atoms with van der Waals surface area (Å²) in [5, 5.41) is -1.20. The van der Waals surface area contributed by atoms with E-state index >= 15 is 0 Å². The van der Waals surface area contributed by atoms with Gasteiger partial charge in [0.1, 0.15) is 17.5 Å². The summed E-state index contributed by atoms with van der Waals surface area (Å²) in [7, 11) is -4.04. The van der Waals surface area contributed by atoms with E-state index in [1.807, 2.05) is 0 Å². The van der Waals surface area contributed by atoms with Gasteiger partial charge in [-0.25, -0.2) is 9.59 Å². The molecule has 2 bridgehead atoms. The van der Waals surface area contributed by atoms with Crippen LogP contribution in [0.3, 0.4) is 0 Å². The topological polar surface area (TPSA) is 158 Å². The first-order chi connectivity index (χ1) is 13.9. The third-order valence-electron chi connectivity index (χ3n) is 5.71. The van der Waals surface area contributed by atoms with Crippen molar-refractivity contribution in [3.63, 3.8) is 0 Å². The van der Waals surface area contributed by atoms with E-state index in [0.29, 0.717) is 0 Å². The molecule has 6 atom stereocenters. The molecule has 0 aromatic heterocycles. The lowest BCUT2D eigenvalue weighted by atomic mass is 9.83. The van der Waals surface area contributed by atoms with Gasteiger partial charge in [0.15, 0.2) is 24.4 Å². The predicted octanol–water partition coefficient (Wildman–Crippen LogP) is -1.49. The van der Waals surface area contributed by atoms with Crippen LogP contribution < -0.4 is 0 Å². The number of carbonyl (C=O) groups is 4. The van der Waals surface area contributed by atoms with E-state index in [4.69, 9.17) is 23.1 Å². The average molecular weight is 446 g/mol. The van der Waals surface area contributed by atoms with Crippen molar-refractivity contribution in [2.24, 2.45) is 0 Å². The third-order valence-corrected chi connectivity index (χ3v) is 7.39. The summed E-state index contributed by atoms with van der Waals surface area (Å²) in [6.45, 7) is 4.21. The fourth-order valence-electron chi connectivity index (χ4n) is 4.81. The molecular weight excluding hydrogens is 428 g/mol. The highest BCUT2D eigenvalue weighted by atomic mass is 32.2. The zero-order valence-corrected chi connectivity index (χ0v) is 16.8. The van der Waals surface area contributed by atoms with E-state index < -0.39 is 81.5 Å². The average Bonchev–Trinajstić information content (AvgIpc) is 2.93. The Morgan fingerprint density at radius 2 is 1.87 bits per heavy atom. The van der Waals surface area contributed by atoms with E-state index in [0.717, 1.165) is 19.9 Å². The summed E-state index contributed by atoms with van der Waals surface area (Å²) >= 11 is 0. The Kier molecular flexibility index (Phi) is 4.32. The summed E-state index contributed by atoms with van der Waals surface area (Å²) in [6, 6.07) is 0. The molecule has 3 aliphatic heterocycles. The van der Waals surface area contributed by atoms with Crippen molar-refractivity contribution in [2.75, 3.05) is 13.2 Å². The molecule has 13 heteroatoms. The Labute approximate surface area is 170 Å². The monoisotopic (exact) mass is 446 g/mol. The molecule has 1 spiro atoms. The van der Waals surface area contributed by atoms with Crippen molar-refractivity contribution < 1.29 is 55.5 Å². The van der Waals surface area contributed by atoms with Crippen molar-refractivity contribution in [3.8, 4) is 0 Å². The van der Waals surface area contributed by atoms with E-state index in [9.17, 15) is 27.6 Å². The van der Waals surface area contributed by atoms with Crippen molar-refractivity contribution in [1.82, 2.24) is 0 Å². The molecule has 4 aliphatic rings. The van der Waals surface area contributed by atoms with Gasteiger partial charge in [0, 0.05) is 26.3 Å². The lowest BCUT2D eigenvalue weighted by Crippen LogP contribution is -2.60. The molecule has 6 unspecified atom stereocenters. The molecule has 30 heavy (non-hydrogen) atoms. The standard InChI is InChI=1S/C17H18O12S/c1-4-11(20)24-6-12(21)26-13-15(7-25-8(2)18)5-10-16(29-15)14(28-30(10,22)23)17(13,16)27-9(3)19/h4,10,13-14H,1,5-7H2,2-3H3. The minimum absolute atomic E-state index is 0.216. The fraction of sp³-hybridized carbons (Fsp3) is 0.647. The second kappa shape index (κ2) is 6.25. The summed E-state index contributed by atoms with van der Waals surface area (Å²) in [5.41, 5.74) is -4.90. The van der Waals surface area contributed by atoms with Gasteiger partial charge >= 0.3 is 23.9 Å². The van der Waals surface area contributed by atoms with Crippen LogP contribution in [0.1, 0.15) is 20.3 Å². The lowest BCUT2D eigenvalue weighted by Gasteiger charge is -2.39. The maximum Gasteiger partial charge on any atom is 0.344 e. The molecule has 164 valence electrons. The summed E-state index contributed by atoms with van der Waals surface area (Å²) in [6.07, 6.45) is -1.94. The summed E-state index contributed by atoms with van der Waals surface area (Å²) in [5.74, 6) is -3.33. The SMILES string of the molecule is C=CC(=O)OCC(=O)OC1C2(COC(C)=O)CC3C4(O2)C(OS3(=O)=O)C14OC(C)=O.